The molecule has 0 aromatic heterocycles. The van der Waals surface area contributed by atoms with Gasteiger partial charge in [-0.25, -0.2) is 10.2 Å². The highest BCUT2D eigenvalue weighted by Gasteiger charge is 2.28. The van der Waals surface area contributed by atoms with Crippen LogP contribution in [-0.4, -0.2) is 18.3 Å². The van der Waals surface area contributed by atoms with Crippen molar-refractivity contribution in [3.8, 4) is 5.75 Å². The summed E-state index contributed by atoms with van der Waals surface area (Å²) in [5, 5.41) is 0. The lowest BCUT2D eigenvalue weighted by molar-refractivity contribution is 0.0468. The van der Waals surface area contributed by atoms with Gasteiger partial charge in [-0.3, -0.25) is 5.43 Å². The van der Waals surface area contributed by atoms with Crippen LogP contribution >= 0.6 is 0 Å². The molecule has 5 nitrogen and oxygen atoms in total. The van der Waals surface area contributed by atoms with Crippen LogP contribution in [0.15, 0.2) is 24.3 Å². The molecule has 0 radical (unpaired) electrons. The van der Waals surface area contributed by atoms with Crippen LogP contribution in [0.2, 0.25) is 0 Å². The molecule has 2 unspecified atom stereocenters. The van der Waals surface area contributed by atoms with Crippen LogP contribution in [0, 0.1) is 5.92 Å². The number of benzene rings is 1. The summed E-state index contributed by atoms with van der Waals surface area (Å²) in [5.41, 5.74) is 6.19. The molecular formula is C15H22N2O3. The van der Waals surface area contributed by atoms with Crippen LogP contribution in [0.3, 0.4) is 0 Å². The maximum atomic E-state index is 11.7. The Balaban J connectivity index is 2.00. The van der Waals surface area contributed by atoms with Gasteiger partial charge < -0.3 is 9.47 Å². The van der Waals surface area contributed by atoms with E-state index in [0.717, 1.165) is 11.3 Å². The van der Waals surface area contributed by atoms with Crippen molar-refractivity contribution in [2.45, 2.75) is 39.3 Å². The molecule has 5 heteroatoms. The molecular weight excluding hydrogens is 256 g/mol. The van der Waals surface area contributed by atoms with Gasteiger partial charge in [-0.15, -0.1) is 0 Å². The smallest absolute Gasteiger partial charge is 0.422 e. The third-order valence-corrected chi connectivity index (χ3v) is 3.05. The molecule has 0 fully saturated rings. The second-order valence-corrected chi connectivity index (χ2v) is 6.08. The van der Waals surface area contributed by atoms with Gasteiger partial charge in [-0.2, -0.15) is 0 Å². The van der Waals surface area contributed by atoms with E-state index in [1.54, 1.807) is 0 Å². The average molecular weight is 278 g/mol. The molecule has 1 aromatic rings. The topological polar surface area (TPSA) is 59.6 Å². The van der Waals surface area contributed by atoms with E-state index in [-0.39, 0.29) is 12.0 Å². The van der Waals surface area contributed by atoms with Crippen LogP contribution in [0.1, 0.15) is 39.3 Å². The van der Waals surface area contributed by atoms with Crippen molar-refractivity contribution < 1.29 is 14.3 Å². The van der Waals surface area contributed by atoms with Crippen molar-refractivity contribution in [3.63, 3.8) is 0 Å². The highest BCUT2D eigenvalue weighted by molar-refractivity contribution is 5.67. The largest absolute Gasteiger partial charge is 0.493 e. The van der Waals surface area contributed by atoms with Gasteiger partial charge in [-0.05, 0) is 26.8 Å². The minimum atomic E-state index is -0.509. The van der Waals surface area contributed by atoms with Crippen LogP contribution in [0.5, 0.6) is 5.75 Å². The van der Waals surface area contributed by atoms with Crippen LogP contribution < -0.4 is 15.6 Å². The van der Waals surface area contributed by atoms with Gasteiger partial charge in [0.15, 0.2) is 0 Å². The van der Waals surface area contributed by atoms with E-state index < -0.39 is 11.7 Å². The maximum Gasteiger partial charge on any atom is 0.422 e. The van der Waals surface area contributed by atoms with Crippen molar-refractivity contribution in [1.82, 2.24) is 10.9 Å². The second-order valence-electron chi connectivity index (χ2n) is 6.08. The molecule has 0 aliphatic carbocycles. The average Bonchev–Trinajstić information content (AvgIpc) is 2.35. The third-order valence-electron chi connectivity index (χ3n) is 3.05. The summed E-state index contributed by atoms with van der Waals surface area (Å²) >= 11 is 0. The normalized spacial score (nSPS) is 21.6. The van der Waals surface area contributed by atoms with Crippen molar-refractivity contribution >= 4 is 6.09 Å². The Labute approximate surface area is 119 Å². The van der Waals surface area contributed by atoms with Crippen molar-refractivity contribution in [3.05, 3.63) is 29.8 Å². The van der Waals surface area contributed by atoms with E-state index in [2.05, 4.69) is 17.8 Å². The Morgan fingerprint density at radius 3 is 2.75 bits per heavy atom. The molecule has 0 spiro atoms. The minimum absolute atomic E-state index is 0.00692. The number of para-hydroxylation sites is 1. The SMILES string of the molecule is CC1COc2ccccc2C1NNC(=O)OC(C)(C)C. The Morgan fingerprint density at radius 2 is 2.05 bits per heavy atom. The van der Waals surface area contributed by atoms with Gasteiger partial charge in [0.1, 0.15) is 11.4 Å². The number of amides is 1. The van der Waals surface area contributed by atoms with Crippen LogP contribution in [0.25, 0.3) is 0 Å². The molecule has 2 atom stereocenters. The quantitative estimate of drug-likeness (QED) is 0.817. The van der Waals surface area contributed by atoms with E-state index in [1.165, 1.54) is 0 Å². The fraction of sp³-hybridized carbons (Fsp3) is 0.533. The van der Waals surface area contributed by atoms with E-state index in [0.29, 0.717) is 6.61 Å². The molecule has 1 aliphatic heterocycles. The Kier molecular flexibility index (Phi) is 4.18. The number of fused-ring (bicyclic) bond motifs is 1. The summed E-state index contributed by atoms with van der Waals surface area (Å²) in [5.74, 6) is 1.11. The van der Waals surface area contributed by atoms with Crippen LogP contribution in [0.4, 0.5) is 4.79 Å². The lowest BCUT2D eigenvalue weighted by atomic mass is 9.93. The zero-order valence-electron chi connectivity index (χ0n) is 12.4. The Morgan fingerprint density at radius 1 is 1.35 bits per heavy atom. The first kappa shape index (κ1) is 14.7. The van der Waals surface area contributed by atoms with Gasteiger partial charge in [0.2, 0.25) is 0 Å². The molecule has 0 bridgehead atoms. The fourth-order valence-electron chi connectivity index (χ4n) is 2.15. The number of nitrogens with one attached hydrogen (secondary N) is 2. The molecule has 0 saturated carbocycles. The zero-order valence-corrected chi connectivity index (χ0v) is 12.4. The van der Waals surface area contributed by atoms with Crippen LogP contribution in [-0.2, 0) is 4.74 Å². The number of hydrazine groups is 1. The molecule has 1 aliphatic rings. The van der Waals surface area contributed by atoms with Gasteiger partial charge in [0, 0.05) is 11.5 Å². The second kappa shape index (κ2) is 5.71. The summed E-state index contributed by atoms with van der Waals surface area (Å²) < 4.78 is 10.9. The summed E-state index contributed by atoms with van der Waals surface area (Å²) in [7, 11) is 0. The summed E-state index contributed by atoms with van der Waals surface area (Å²) in [6.45, 7) is 8.19. The number of rotatable bonds is 2. The first-order chi connectivity index (χ1) is 9.37. The fourth-order valence-corrected chi connectivity index (χ4v) is 2.15. The summed E-state index contributed by atoms with van der Waals surface area (Å²) in [6.07, 6.45) is -0.478. The van der Waals surface area contributed by atoms with Gasteiger partial charge in [0.05, 0.1) is 12.6 Å². The maximum absolute atomic E-state index is 11.7. The van der Waals surface area contributed by atoms with Crippen molar-refractivity contribution in [2.24, 2.45) is 5.92 Å². The van der Waals surface area contributed by atoms with Gasteiger partial charge >= 0.3 is 6.09 Å². The Hall–Kier alpha value is -1.75. The standard InChI is InChI=1S/C15H22N2O3/c1-10-9-19-12-8-6-5-7-11(12)13(10)16-17-14(18)20-15(2,3)4/h5-8,10,13,16H,9H2,1-4H3,(H,17,18). The monoisotopic (exact) mass is 278 g/mol. The lowest BCUT2D eigenvalue weighted by Crippen LogP contribution is -2.46. The minimum Gasteiger partial charge on any atom is -0.493 e. The predicted molar refractivity (Wildman–Crippen MR) is 76.3 cm³/mol. The number of carbonyl (C=O) groups is 1. The number of ether oxygens (including phenoxy) is 2. The number of hydrogen-bond donors (Lipinski definition) is 2. The third kappa shape index (κ3) is 3.63. The highest BCUT2D eigenvalue weighted by atomic mass is 16.6. The first-order valence-corrected chi connectivity index (χ1v) is 6.83. The van der Waals surface area contributed by atoms with Crippen molar-refractivity contribution in [1.29, 1.82) is 0 Å². The highest BCUT2D eigenvalue weighted by Crippen LogP contribution is 2.34. The molecule has 0 saturated heterocycles. The Bertz CT molecular complexity index is 482. The lowest BCUT2D eigenvalue weighted by Gasteiger charge is -2.32. The van der Waals surface area contributed by atoms with E-state index in [4.69, 9.17) is 9.47 Å². The van der Waals surface area contributed by atoms with E-state index in [1.807, 2.05) is 45.0 Å². The predicted octanol–water partition coefficient (Wildman–Crippen LogP) is 2.79. The van der Waals surface area contributed by atoms with E-state index in [9.17, 15) is 4.79 Å². The summed E-state index contributed by atoms with van der Waals surface area (Å²) in [4.78, 5) is 11.7. The van der Waals surface area contributed by atoms with Gasteiger partial charge in [0.25, 0.3) is 0 Å². The van der Waals surface area contributed by atoms with E-state index >= 15 is 0 Å². The molecule has 2 N–H and O–H groups in total. The molecule has 2 rings (SSSR count). The molecule has 110 valence electrons. The van der Waals surface area contributed by atoms with Gasteiger partial charge in [-0.1, -0.05) is 25.1 Å². The number of hydrogen-bond acceptors (Lipinski definition) is 4. The van der Waals surface area contributed by atoms with Crippen molar-refractivity contribution in [2.75, 3.05) is 6.61 Å². The molecule has 1 heterocycles. The zero-order chi connectivity index (χ0) is 14.8. The molecule has 20 heavy (non-hydrogen) atoms. The molecule has 1 amide bonds. The molecule has 1 aromatic carbocycles. The summed E-state index contributed by atoms with van der Waals surface area (Å²) in [6, 6.07) is 7.84. The first-order valence-electron chi connectivity index (χ1n) is 6.83. The number of carbonyl (C=O) groups excluding carboxylic acids is 1.